The van der Waals surface area contributed by atoms with Crippen molar-refractivity contribution >= 4 is 5.91 Å². The first-order valence-electron chi connectivity index (χ1n) is 8.91. The predicted molar refractivity (Wildman–Crippen MR) is 90.0 cm³/mol. The fourth-order valence-corrected chi connectivity index (χ4v) is 3.89. The number of carbonyl (C=O) groups is 1. The van der Waals surface area contributed by atoms with Crippen molar-refractivity contribution in [3.63, 3.8) is 0 Å². The van der Waals surface area contributed by atoms with Gasteiger partial charge < -0.3 is 9.80 Å². The van der Waals surface area contributed by atoms with Crippen LogP contribution in [-0.2, 0) is 11.2 Å². The van der Waals surface area contributed by atoms with Gasteiger partial charge in [0, 0.05) is 25.9 Å². The molecule has 0 radical (unpaired) electrons. The molecule has 1 amide bonds. The molecule has 2 aliphatic rings. The van der Waals surface area contributed by atoms with Crippen molar-refractivity contribution in [2.24, 2.45) is 5.41 Å². The first-order chi connectivity index (χ1) is 11.8. The van der Waals surface area contributed by atoms with Gasteiger partial charge in [-0.05, 0) is 51.0 Å². The number of hydrogen-bond donors (Lipinski definition) is 0. The summed E-state index contributed by atoms with van der Waals surface area (Å²) >= 11 is 0. The Morgan fingerprint density at radius 2 is 1.64 bits per heavy atom. The van der Waals surface area contributed by atoms with Crippen LogP contribution in [0.4, 0.5) is 13.2 Å². The number of amides is 1. The monoisotopic (exact) mass is 354 g/mol. The van der Waals surface area contributed by atoms with Gasteiger partial charge in [-0.15, -0.1) is 0 Å². The molecule has 2 fully saturated rings. The van der Waals surface area contributed by atoms with Gasteiger partial charge in [-0.2, -0.15) is 0 Å². The molecule has 2 saturated heterocycles. The van der Waals surface area contributed by atoms with Crippen molar-refractivity contribution in [2.45, 2.75) is 38.0 Å². The lowest BCUT2D eigenvalue weighted by Gasteiger charge is -2.44. The second kappa shape index (κ2) is 6.98. The van der Waals surface area contributed by atoms with E-state index in [-0.39, 0.29) is 37.7 Å². The molecule has 1 aromatic carbocycles. The Bertz CT molecular complexity index is 617. The van der Waals surface area contributed by atoms with Crippen molar-refractivity contribution < 1.29 is 18.0 Å². The fraction of sp³-hybridized carbons (Fsp3) is 0.632. The van der Waals surface area contributed by atoms with E-state index in [1.165, 1.54) is 6.07 Å². The summed E-state index contributed by atoms with van der Waals surface area (Å²) in [7, 11) is 2.00. The minimum absolute atomic E-state index is 0.0839. The van der Waals surface area contributed by atoms with Crippen LogP contribution in [0.25, 0.3) is 0 Å². The van der Waals surface area contributed by atoms with Crippen LogP contribution < -0.4 is 0 Å². The summed E-state index contributed by atoms with van der Waals surface area (Å²) in [4.78, 5) is 17.0. The quantitative estimate of drug-likeness (QED) is 0.831. The van der Waals surface area contributed by atoms with E-state index in [1.54, 1.807) is 23.1 Å². The van der Waals surface area contributed by atoms with Crippen molar-refractivity contribution in [1.82, 2.24) is 9.80 Å². The van der Waals surface area contributed by atoms with E-state index >= 15 is 0 Å². The lowest BCUT2D eigenvalue weighted by molar-refractivity contribution is -0.151. The molecule has 0 aliphatic carbocycles. The highest BCUT2D eigenvalue weighted by molar-refractivity contribution is 5.83. The first-order valence-corrected chi connectivity index (χ1v) is 8.91. The molecule has 0 N–H and O–H groups in total. The van der Waals surface area contributed by atoms with Gasteiger partial charge in [0.15, 0.2) is 0 Å². The van der Waals surface area contributed by atoms with Gasteiger partial charge >= 0.3 is 0 Å². The van der Waals surface area contributed by atoms with E-state index in [0.717, 1.165) is 13.1 Å². The number of piperidine rings is 2. The van der Waals surface area contributed by atoms with Gasteiger partial charge in [0.2, 0.25) is 5.91 Å². The SMILES string of the molecule is CN1CCC(Cc2ccccc2F)(C(=O)N2CCC(F)(F)CC2)CC1. The summed E-state index contributed by atoms with van der Waals surface area (Å²) in [5.41, 5.74) is -0.163. The van der Waals surface area contributed by atoms with Crippen molar-refractivity contribution in [3.8, 4) is 0 Å². The van der Waals surface area contributed by atoms with Crippen molar-refractivity contribution in [2.75, 3.05) is 33.2 Å². The van der Waals surface area contributed by atoms with Crippen LogP contribution in [-0.4, -0.2) is 54.9 Å². The second-order valence-electron chi connectivity index (χ2n) is 7.50. The van der Waals surface area contributed by atoms with Crippen LogP contribution in [0, 0.1) is 11.2 Å². The highest BCUT2D eigenvalue weighted by Crippen LogP contribution is 2.39. The highest BCUT2D eigenvalue weighted by Gasteiger charge is 2.46. The van der Waals surface area contributed by atoms with E-state index in [0.29, 0.717) is 24.8 Å². The minimum Gasteiger partial charge on any atom is -0.342 e. The Kier molecular flexibility index (Phi) is 5.09. The van der Waals surface area contributed by atoms with E-state index in [4.69, 9.17) is 0 Å². The molecular formula is C19H25F3N2O. The Morgan fingerprint density at radius 3 is 2.24 bits per heavy atom. The van der Waals surface area contributed by atoms with Crippen molar-refractivity contribution in [3.05, 3.63) is 35.6 Å². The third-order valence-electron chi connectivity index (χ3n) is 5.67. The number of nitrogens with zero attached hydrogens (tertiary/aromatic N) is 2. The standard InChI is InChI=1S/C19H25F3N2O/c1-23-10-6-18(7-11-23,14-15-4-2-3-5-16(15)20)17(25)24-12-8-19(21,22)9-13-24/h2-5H,6-14H2,1H3. The Balaban J connectivity index is 1.82. The van der Waals surface area contributed by atoms with Crippen LogP contribution in [0.5, 0.6) is 0 Å². The maximum absolute atomic E-state index is 14.2. The summed E-state index contributed by atoms with van der Waals surface area (Å²) in [6.07, 6.45) is 1.02. The maximum Gasteiger partial charge on any atom is 0.251 e. The zero-order valence-electron chi connectivity index (χ0n) is 14.6. The zero-order chi connectivity index (χ0) is 18.1. The van der Waals surface area contributed by atoms with E-state index in [9.17, 15) is 18.0 Å². The van der Waals surface area contributed by atoms with Gasteiger partial charge in [-0.3, -0.25) is 4.79 Å². The molecule has 6 heteroatoms. The lowest BCUT2D eigenvalue weighted by Crippen LogP contribution is -2.53. The summed E-state index contributed by atoms with van der Waals surface area (Å²) < 4.78 is 41.0. The Hall–Kier alpha value is -1.56. The highest BCUT2D eigenvalue weighted by atomic mass is 19.3. The summed E-state index contributed by atoms with van der Waals surface area (Å²) in [6, 6.07) is 6.53. The topological polar surface area (TPSA) is 23.6 Å². The number of hydrogen-bond acceptors (Lipinski definition) is 2. The molecule has 1 aromatic rings. The zero-order valence-corrected chi connectivity index (χ0v) is 14.6. The molecule has 2 aliphatic heterocycles. The van der Waals surface area contributed by atoms with Gasteiger partial charge in [-0.1, -0.05) is 18.2 Å². The molecule has 0 atom stereocenters. The largest absolute Gasteiger partial charge is 0.342 e. The molecule has 0 spiro atoms. The number of carbonyl (C=O) groups excluding carboxylic acids is 1. The van der Waals surface area contributed by atoms with Gasteiger partial charge in [0.1, 0.15) is 5.82 Å². The third kappa shape index (κ3) is 4.00. The normalized spacial score (nSPS) is 23.4. The predicted octanol–water partition coefficient (Wildman–Crippen LogP) is 3.34. The maximum atomic E-state index is 14.2. The molecule has 0 aromatic heterocycles. The average molecular weight is 354 g/mol. The fourth-order valence-electron chi connectivity index (χ4n) is 3.89. The van der Waals surface area contributed by atoms with Crippen LogP contribution >= 0.6 is 0 Å². The third-order valence-corrected chi connectivity index (χ3v) is 5.67. The van der Waals surface area contributed by atoms with Crippen LogP contribution in [0.1, 0.15) is 31.2 Å². The molecular weight excluding hydrogens is 329 g/mol. The smallest absolute Gasteiger partial charge is 0.251 e. The first kappa shape index (κ1) is 18.2. The molecule has 138 valence electrons. The van der Waals surface area contributed by atoms with Gasteiger partial charge in [0.05, 0.1) is 5.41 Å². The van der Waals surface area contributed by atoms with Crippen LogP contribution in [0.3, 0.4) is 0 Å². The van der Waals surface area contributed by atoms with Gasteiger partial charge in [-0.25, -0.2) is 13.2 Å². The second-order valence-corrected chi connectivity index (χ2v) is 7.50. The molecule has 0 unspecified atom stereocenters. The van der Waals surface area contributed by atoms with E-state index in [2.05, 4.69) is 4.90 Å². The molecule has 3 rings (SSSR count). The molecule has 3 nitrogen and oxygen atoms in total. The number of alkyl halides is 2. The van der Waals surface area contributed by atoms with Crippen molar-refractivity contribution in [1.29, 1.82) is 0 Å². The Labute approximate surface area is 146 Å². The summed E-state index contributed by atoms with van der Waals surface area (Å²) in [5.74, 6) is -3.07. The number of benzene rings is 1. The van der Waals surface area contributed by atoms with Gasteiger partial charge in [0.25, 0.3) is 5.92 Å². The summed E-state index contributed by atoms with van der Waals surface area (Å²) in [5, 5.41) is 0. The van der Waals surface area contributed by atoms with E-state index < -0.39 is 11.3 Å². The number of likely N-dealkylation sites (tertiary alicyclic amines) is 2. The van der Waals surface area contributed by atoms with Crippen LogP contribution in [0.15, 0.2) is 24.3 Å². The molecule has 2 heterocycles. The number of rotatable bonds is 3. The number of halogens is 3. The molecule has 25 heavy (non-hydrogen) atoms. The minimum atomic E-state index is -2.68. The summed E-state index contributed by atoms with van der Waals surface area (Å²) in [6.45, 7) is 1.68. The molecule has 0 saturated carbocycles. The van der Waals surface area contributed by atoms with Crippen LogP contribution in [0.2, 0.25) is 0 Å². The average Bonchev–Trinajstić information content (AvgIpc) is 2.59. The van der Waals surface area contributed by atoms with E-state index in [1.807, 2.05) is 7.05 Å². The lowest BCUT2D eigenvalue weighted by atomic mass is 9.72. The molecule has 0 bridgehead atoms. The Morgan fingerprint density at radius 1 is 1.04 bits per heavy atom.